The van der Waals surface area contributed by atoms with Gasteiger partial charge in [-0.3, -0.25) is 0 Å². The molecular formula is C10H13ClF3N3OS. The molecule has 19 heavy (non-hydrogen) atoms. The fraction of sp³-hybridized carbons (Fsp3) is 0.600. The van der Waals surface area contributed by atoms with E-state index >= 15 is 0 Å². The van der Waals surface area contributed by atoms with E-state index in [1.54, 1.807) is 6.92 Å². The van der Waals surface area contributed by atoms with Gasteiger partial charge in [-0.25, -0.2) is 9.97 Å². The van der Waals surface area contributed by atoms with E-state index in [1.165, 1.54) is 17.8 Å². The van der Waals surface area contributed by atoms with Gasteiger partial charge in [-0.2, -0.15) is 24.9 Å². The van der Waals surface area contributed by atoms with Crippen molar-refractivity contribution in [3.05, 3.63) is 17.0 Å². The molecule has 1 rings (SSSR count). The molecule has 2 N–H and O–H groups in total. The summed E-state index contributed by atoms with van der Waals surface area (Å²) in [6, 6.07) is 1.17. The molecule has 0 aliphatic rings. The van der Waals surface area contributed by atoms with Crippen molar-refractivity contribution >= 4 is 29.2 Å². The van der Waals surface area contributed by atoms with E-state index in [4.69, 9.17) is 11.6 Å². The summed E-state index contributed by atoms with van der Waals surface area (Å²) < 4.78 is 37.4. The van der Waals surface area contributed by atoms with Gasteiger partial charge < -0.3 is 10.4 Å². The molecule has 1 aromatic rings. The second-order valence-corrected chi connectivity index (χ2v) is 5.43. The molecule has 1 atom stereocenters. The monoisotopic (exact) mass is 315 g/mol. The van der Waals surface area contributed by atoms with Crippen LogP contribution in [0.15, 0.2) is 6.07 Å². The fourth-order valence-corrected chi connectivity index (χ4v) is 2.19. The molecule has 0 saturated carbocycles. The Labute approximate surface area is 117 Å². The van der Waals surface area contributed by atoms with Gasteiger partial charge in [0.1, 0.15) is 11.0 Å². The predicted octanol–water partition coefficient (Wildman–Crippen LogP) is 2.67. The molecule has 0 saturated heterocycles. The van der Waals surface area contributed by atoms with Crippen LogP contribution in [-0.2, 0) is 6.18 Å². The van der Waals surface area contributed by atoms with E-state index in [0.29, 0.717) is 5.75 Å². The highest BCUT2D eigenvalue weighted by Gasteiger charge is 2.35. The van der Waals surface area contributed by atoms with Gasteiger partial charge >= 0.3 is 6.18 Å². The zero-order valence-corrected chi connectivity index (χ0v) is 11.8. The van der Waals surface area contributed by atoms with E-state index in [1.807, 2.05) is 6.26 Å². The number of nitrogens with one attached hydrogen (secondary N) is 1. The number of aliphatic hydroxyl groups is 1. The average molecular weight is 316 g/mol. The molecule has 9 heteroatoms. The maximum absolute atomic E-state index is 12.5. The van der Waals surface area contributed by atoms with Gasteiger partial charge in [0.2, 0.25) is 5.82 Å². The number of alkyl halides is 3. The van der Waals surface area contributed by atoms with Crippen molar-refractivity contribution < 1.29 is 18.3 Å². The molecule has 4 nitrogen and oxygen atoms in total. The number of rotatable bonds is 5. The molecule has 0 radical (unpaired) electrons. The van der Waals surface area contributed by atoms with Crippen LogP contribution >= 0.6 is 23.4 Å². The van der Waals surface area contributed by atoms with Crippen LogP contribution in [0, 0.1) is 0 Å². The number of anilines is 1. The summed E-state index contributed by atoms with van der Waals surface area (Å²) >= 11 is 6.93. The van der Waals surface area contributed by atoms with Crippen molar-refractivity contribution in [2.24, 2.45) is 0 Å². The number of aromatic nitrogens is 2. The highest BCUT2D eigenvalue weighted by atomic mass is 35.5. The summed E-state index contributed by atoms with van der Waals surface area (Å²) in [6.45, 7) is 1.63. The first kappa shape index (κ1) is 16.3. The van der Waals surface area contributed by atoms with Gasteiger partial charge in [0, 0.05) is 18.4 Å². The van der Waals surface area contributed by atoms with E-state index in [9.17, 15) is 18.3 Å². The maximum atomic E-state index is 12.5. The third kappa shape index (κ3) is 5.42. The number of hydrogen-bond donors (Lipinski definition) is 2. The van der Waals surface area contributed by atoms with Crippen molar-refractivity contribution in [2.75, 3.05) is 23.9 Å². The maximum Gasteiger partial charge on any atom is 0.451 e. The lowest BCUT2D eigenvalue weighted by Crippen LogP contribution is -2.36. The van der Waals surface area contributed by atoms with Crippen LogP contribution in [0.3, 0.4) is 0 Å². The Bertz CT molecular complexity index is 443. The molecule has 0 aromatic carbocycles. The summed E-state index contributed by atoms with van der Waals surface area (Å²) in [5, 5.41) is 12.2. The van der Waals surface area contributed by atoms with Crippen LogP contribution in [0.2, 0.25) is 5.15 Å². The molecule has 1 aromatic heterocycles. The molecular weight excluding hydrogens is 303 g/mol. The van der Waals surface area contributed by atoms with E-state index in [-0.39, 0.29) is 17.5 Å². The van der Waals surface area contributed by atoms with Crippen LogP contribution < -0.4 is 5.32 Å². The van der Waals surface area contributed by atoms with Gasteiger partial charge in [0.05, 0.1) is 5.60 Å². The summed E-state index contributed by atoms with van der Waals surface area (Å²) in [6.07, 6.45) is -2.85. The molecule has 108 valence electrons. The Kier molecular flexibility index (Phi) is 5.28. The zero-order valence-electron chi connectivity index (χ0n) is 10.3. The second kappa shape index (κ2) is 6.15. The zero-order chi connectivity index (χ0) is 14.7. The number of thioether (sulfide) groups is 1. The van der Waals surface area contributed by atoms with Crippen molar-refractivity contribution in [1.29, 1.82) is 0 Å². The van der Waals surface area contributed by atoms with Gasteiger partial charge in [0.25, 0.3) is 0 Å². The smallest absolute Gasteiger partial charge is 0.387 e. The lowest BCUT2D eigenvalue weighted by Gasteiger charge is -2.23. The predicted molar refractivity (Wildman–Crippen MR) is 69.5 cm³/mol. The highest BCUT2D eigenvalue weighted by Crippen LogP contribution is 2.28. The minimum Gasteiger partial charge on any atom is -0.387 e. The highest BCUT2D eigenvalue weighted by molar-refractivity contribution is 7.98. The minimum atomic E-state index is -4.66. The Morgan fingerprint density at radius 1 is 1.42 bits per heavy atom. The normalized spacial score (nSPS) is 15.1. The molecule has 1 heterocycles. The topological polar surface area (TPSA) is 58.0 Å². The third-order valence-corrected chi connectivity index (χ3v) is 3.16. The van der Waals surface area contributed by atoms with Crippen LogP contribution in [-0.4, -0.2) is 39.2 Å². The lowest BCUT2D eigenvalue weighted by molar-refractivity contribution is -0.144. The van der Waals surface area contributed by atoms with Gasteiger partial charge in [0.15, 0.2) is 0 Å². The number of nitrogens with zero attached hydrogens (tertiary/aromatic N) is 2. The third-order valence-electron chi connectivity index (χ3n) is 2.05. The standard InChI is InChI=1S/C10H13ClF3N3OS/c1-9(18,5-19-2)4-15-7-3-6(11)16-8(17-7)10(12,13)14/h3,18H,4-5H2,1-2H3,(H,15,16,17). The Balaban J connectivity index is 2.82. The molecule has 1 unspecified atom stereocenters. The molecule has 0 spiro atoms. The Morgan fingerprint density at radius 3 is 2.58 bits per heavy atom. The first-order valence-corrected chi connectivity index (χ1v) is 6.98. The second-order valence-electron chi connectivity index (χ2n) is 4.18. The SMILES string of the molecule is CSCC(C)(O)CNc1cc(Cl)nc(C(F)(F)F)n1. The van der Waals surface area contributed by atoms with Crippen LogP contribution in [0.5, 0.6) is 0 Å². The molecule has 0 amide bonds. The first-order valence-electron chi connectivity index (χ1n) is 5.21. The van der Waals surface area contributed by atoms with Crippen molar-refractivity contribution in [3.8, 4) is 0 Å². The Hall–Kier alpha value is -0.730. The molecule has 0 bridgehead atoms. The van der Waals surface area contributed by atoms with Crippen molar-refractivity contribution in [2.45, 2.75) is 18.7 Å². The summed E-state index contributed by atoms with van der Waals surface area (Å²) in [5.74, 6) is -0.953. The van der Waals surface area contributed by atoms with E-state index < -0.39 is 17.6 Å². The molecule has 0 aliphatic carbocycles. The number of halogens is 4. The first-order chi connectivity index (χ1) is 8.64. The largest absolute Gasteiger partial charge is 0.451 e. The minimum absolute atomic E-state index is 0.0540. The van der Waals surface area contributed by atoms with E-state index in [0.717, 1.165) is 0 Å². The van der Waals surface area contributed by atoms with Gasteiger partial charge in [-0.15, -0.1) is 0 Å². The van der Waals surface area contributed by atoms with Gasteiger partial charge in [-0.1, -0.05) is 11.6 Å². The summed E-state index contributed by atoms with van der Waals surface area (Å²) in [5.41, 5.74) is -1.06. The van der Waals surface area contributed by atoms with Crippen LogP contribution in [0.4, 0.5) is 19.0 Å². The Morgan fingerprint density at radius 2 is 2.05 bits per heavy atom. The quantitative estimate of drug-likeness (QED) is 0.818. The average Bonchev–Trinajstić information content (AvgIpc) is 2.24. The number of hydrogen-bond acceptors (Lipinski definition) is 5. The van der Waals surface area contributed by atoms with Crippen molar-refractivity contribution in [1.82, 2.24) is 9.97 Å². The summed E-state index contributed by atoms with van der Waals surface area (Å²) in [4.78, 5) is 6.43. The van der Waals surface area contributed by atoms with Crippen LogP contribution in [0.1, 0.15) is 12.7 Å². The lowest BCUT2D eigenvalue weighted by atomic mass is 10.1. The van der Waals surface area contributed by atoms with Crippen LogP contribution in [0.25, 0.3) is 0 Å². The molecule has 0 fully saturated rings. The van der Waals surface area contributed by atoms with Gasteiger partial charge in [-0.05, 0) is 13.2 Å². The van der Waals surface area contributed by atoms with E-state index in [2.05, 4.69) is 15.3 Å². The summed E-state index contributed by atoms with van der Waals surface area (Å²) in [7, 11) is 0. The molecule has 0 aliphatic heterocycles. The van der Waals surface area contributed by atoms with Crippen molar-refractivity contribution in [3.63, 3.8) is 0 Å². The fourth-order valence-electron chi connectivity index (χ4n) is 1.28.